The van der Waals surface area contributed by atoms with Crippen LogP contribution in [0.1, 0.15) is 67.2 Å². The number of aliphatic imine (C=N–C) groups is 1. The first kappa shape index (κ1) is 27.7. The van der Waals surface area contributed by atoms with Crippen LogP contribution in [0, 0.1) is 0 Å². The molecule has 0 aromatic rings. The van der Waals surface area contributed by atoms with Crippen molar-refractivity contribution < 1.29 is 83.8 Å². The molecule has 0 spiro atoms. The molecule has 0 bridgehead atoms. The van der Waals surface area contributed by atoms with Gasteiger partial charge in [-0.05, 0) is 53.4 Å². The van der Waals surface area contributed by atoms with Crippen LogP contribution in [-0.2, 0) is 14.4 Å². The molecule has 25 heavy (non-hydrogen) atoms. The molecule has 132 valence electrons. The van der Waals surface area contributed by atoms with E-state index < -0.39 is 28.7 Å². The van der Waals surface area contributed by atoms with Gasteiger partial charge in [0.15, 0.2) is 0 Å². The third-order valence-electron chi connectivity index (χ3n) is 4.69. The normalized spacial score (nSPS) is 22.6. The van der Waals surface area contributed by atoms with E-state index in [2.05, 4.69) is 4.99 Å². The number of carboxylic acids is 2. The molecule has 1 aliphatic heterocycles. The van der Waals surface area contributed by atoms with E-state index in [0.29, 0.717) is 12.8 Å². The minimum absolute atomic E-state index is 0. The van der Waals surface area contributed by atoms with Gasteiger partial charge >= 0.3 is 59.1 Å². The summed E-state index contributed by atoms with van der Waals surface area (Å²) in [6.45, 7) is 10.4. The number of aliphatic carboxylic acids is 2. The summed E-state index contributed by atoms with van der Waals surface area (Å²) in [4.78, 5) is 32.7. The average molecular weight is 372 g/mol. The summed E-state index contributed by atoms with van der Waals surface area (Å²) in [6.07, 6.45) is 1.28. The number of nitrogens with zero attached hydrogens (tertiary/aromatic N) is 2. The quantitative estimate of drug-likeness (QED) is 0.393. The molecule has 0 radical (unpaired) electrons. The summed E-state index contributed by atoms with van der Waals surface area (Å²) in [5, 5.41) is 23.8. The van der Waals surface area contributed by atoms with Crippen molar-refractivity contribution in [2.45, 2.75) is 84.0 Å². The fraction of sp³-hybridized carbons (Fsp3) is 0.812. The second-order valence-electron chi connectivity index (χ2n) is 6.71. The van der Waals surface area contributed by atoms with Crippen molar-refractivity contribution >= 4 is 17.7 Å². The maximum absolute atomic E-state index is 11.4. The van der Waals surface area contributed by atoms with Crippen LogP contribution in [-0.4, -0.2) is 39.5 Å². The summed E-state index contributed by atoms with van der Waals surface area (Å²) in [5.41, 5.74) is -2.30. The first-order valence-electron chi connectivity index (χ1n) is 7.93. The van der Waals surface area contributed by atoms with Gasteiger partial charge in [-0.3, -0.25) is 9.83 Å². The van der Waals surface area contributed by atoms with Crippen molar-refractivity contribution in [3.63, 3.8) is 0 Å². The third kappa shape index (κ3) is 5.75. The molecule has 0 fully saturated rings. The van der Waals surface area contributed by atoms with Gasteiger partial charge in [0.05, 0.1) is 11.5 Å². The van der Waals surface area contributed by atoms with Crippen LogP contribution < -0.4 is 69.3 Å². The number of carbonyl (C=O) groups excluding carboxylic acids is 2. The zero-order valence-corrected chi connectivity index (χ0v) is 20.8. The van der Waals surface area contributed by atoms with Gasteiger partial charge in [0, 0.05) is 11.7 Å². The van der Waals surface area contributed by atoms with Crippen LogP contribution in [0.25, 0.3) is 0 Å². The summed E-state index contributed by atoms with van der Waals surface area (Å²) in [5.74, 6) is -2.52. The van der Waals surface area contributed by atoms with Gasteiger partial charge in [0.1, 0.15) is 11.3 Å². The standard InChI is InChI=1S/C16H28N2O5.2Na/c1-7-16(8-2)11(3)17-15(6,10-9-12(19)20)18(16)23-14(4,5)13(21)22;;/h7-10H2,1-6H3,(H,19,20)(H,21,22);;/q;2*+1/p-2. The van der Waals surface area contributed by atoms with Crippen molar-refractivity contribution in [2.24, 2.45) is 4.99 Å². The monoisotopic (exact) mass is 372 g/mol. The van der Waals surface area contributed by atoms with E-state index >= 15 is 0 Å². The maximum atomic E-state index is 11.4. The number of hydroxylamine groups is 2. The van der Waals surface area contributed by atoms with Gasteiger partial charge in [-0.25, -0.2) is 0 Å². The van der Waals surface area contributed by atoms with E-state index in [1.165, 1.54) is 13.8 Å². The van der Waals surface area contributed by atoms with E-state index in [1.54, 1.807) is 12.0 Å². The van der Waals surface area contributed by atoms with E-state index in [9.17, 15) is 19.8 Å². The molecule has 1 rings (SSSR count). The first-order chi connectivity index (χ1) is 10.4. The molecule has 1 aliphatic rings. The second-order valence-corrected chi connectivity index (χ2v) is 6.71. The van der Waals surface area contributed by atoms with E-state index in [1.807, 2.05) is 20.8 Å². The number of hydrogen-bond donors (Lipinski definition) is 0. The Kier molecular flexibility index (Phi) is 11.3. The van der Waals surface area contributed by atoms with Crippen molar-refractivity contribution in [3.05, 3.63) is 0 Å². The molecule has 0 amide bonds. The van der Waals surface area contributed by atoms with Crippen molar-refractivity contribution in [1.82, 2.24) is 5.06 Å². The topological polar surface area (TPSA) is 105 Å². The van der Waals surface area contributed by atoms with Crippen LogP contribution in [0.3, 0.4) is 0 Å². The van der Waals surface area contributed by atoms with Gasteiger partial charge < -0.3 is 19.8 Å². The molecular formula is C16H26N2Na2O5. The zero-order valence-electron chi connectivity index (χ0n) is 16.8. The number of rotatable bonds is 8. The molecule has 7 nitrogen and oxygen atoms in total. The van der Waals surface area contributed by atoms with E-state index in [-0.39, 0.29) is 72.0 Å². The Balaban J connectivity index is 0. The van der Waals surface area contributed by atoms with Gasteiger partial charge in [-0.15, -0.1) is 5.06 Å². The summed E-state index contributed by atoms with van der Waals surface area (Å²) < 4.78 is 0. The molecule has 1 atom stereocenters. The Morgan fingerprint density at radius 3 is 2.04 bits per heavy atom. The SMILES string of the molecule is CCC1(CC)C(C)=NC(C)(CCC(=O)[O-])N1OC(C)(C)C(=O)[O-].[Na+].[Na+]. The number of hydrogen-bond acceptors (Lipinski definition) is 7. The van der Waals surface area contributed by atoms with Gasteiger partial charge in [0.25, 0.3) is 0 Å². The molecule has 0 aromatic heterocycles. The maximum Gasteiger partial charge on any atom is 1.00 e. The molecule has 0 saturated carbocycles. The number of carbonyl (C=O) groups is 2. The molecule has 0 aromatic carbocycles. The van der Waals surface area contributed by atoms with E-state index in [0.717, 1.165) is 5.71 Å². The fourth-order valence-electron chi connectivity index (χ4n) is 3.12. The molecule has 0 N–H and O–H groups in total. The fourth-order valence-corrected chi connectivity index (χ4v) is 3.12. The largest absolute Gasteiger partial charge is 1.00 e. The smallest absolute Gasteiger partial charge is 0.550 e. The van der Waals surface area contributed by atoms with Crippen molar-refractivity contribution in [3.8, 4) is 0 Å². The molecule has 1 heterocycles. The van der Waals surface area contributed by atoms with Crippen LogP contribution in [0.15, 0.2) is 4.99 Å². The van der Waals surface area contributed by atoms with Gasteiger partial charge in [-0.1, -0.05) is 13.8 Å². The summed E-state index contributed by atoms with van der Waals surface area (Å²) >= 11 is 0. The number of carboxylic acid groups (broad SMARTS) is 2. The van der Waals surface area contributed by atoms with Crippen LogP contribution in [0.2, 0.25) is 0 Å². The van der Waals surface area contributed by atoms with Crippen LogP contribution in [0.5, 0.6) is 0 Å². The van der Waals surface area contributed by atoms with Gasteiger partial charge in [-0.2, -0.15) is 0 Å². The minimum atomic E-state index is -1.56. The molecule has 1 unspecified atom stereocenters. The van der Waals surface area contributed by atoms with Crippen LogP contribution in [0.4, 0.5) is 0 Å². The third-order valence-corrected chi connectivity index (χ3v) is 4.69. The zero-order chi connectivity index (χ0) is 18.1. The first-order valence-corrected chi connectivity index (χ1v) is 7.93. The van der Waals surface area contributed by atoms with Crippen LogP contribution >= 0.6 is 0 Å². The minimum Gasteiger partial charge on any atom is -0.550 e. The molecule has 9 heteroatoms. The van der Waals surface area contributed by atoms with Gasteiger partial charge in [0.2, 0.25) is 0 Å². The predicted octanol–water partition coefficient (Wildman–Crippen LogP) is -5.96. The Bertz CT molecular complexity index is 521. The molecule has 0 saturated heterocycles. The summed E-state index contributed by atoms with van der Waals surface area (Å²) in [6, 6.07) is 0. The Morgan fingerprint density at radius 1 is 1.20 bits per heavy atom. The molecular weight excluding hydrogens is 346 g/mol. The average Bonchev–Trinajstić information content (AvgIpc) is 2.65. The summed E-state index contributed by atoms with van der Waals surface area (Å²) in [7, 11) is 0. The molecule has 0 aliphatic carbocycles. The Labute approximate surface area is 194 Å². The van der Waals surface area contributed by atoms with E-state index in [4.69, 9.17) is 4.84 Å². The predicted molar refractivity (Wildman–Crippen MR) is 81.1 cm³/mol. The van der Waals surface area contributed by atoms with Crippen molar-refractivity contribution in [2.75, 3.05) is 0 Å². The second kappa shape index (κ2) is 10.2. The van der Waals surface area contributed by atoms with Crippen molar-refractivity contribution in [1.29, 1.82) is 0 Å². The Morgan fingerprint density at radius 2 is 1.68 bits per heavy atom. The Hall–Kier alpha value is 0.530.